The van der Waals surface area contributed by atoms with Crippen LogP contribution in [0.15, 0.2) is 0 Å². The summed E-state index contributed by atoms with van der Waals surface area (Å²) in [5.41, 5.74) is 5.77. The first-order chi connectivity index (χ1) is 8.29. The average molecular weight is 239 g/mol. The Kier molecular flexibility index (Phi) is 7.50. The largest absolute Gasteiger partial charge is 0.330 e. The Balaban J connectivity index is 2.20. The lowest BCUT2D eigenvalue weighted by Crippen LogP contribution is -2.32. The second kappa shape index (κ2) is 8.68. The summed E-state index contributed by atoms with van der Waals surface area (Å²) in [7, 11) is 0. The minimum Gasteiger partial charge on any atom is -0.330 e. The molecule has 0 bridgehead atoms. The van der Waals surface area contributed by atoms with Crippen molar-refractivity contribution < 1.29 is 4.79 Å². The van der Waals surface area contributed by atoms with E-state index < -0.39 is 0 Å². The lowest BCUT2D eigenvalue weighted by atomic mass is 9.76. The highest BCUT2D eigenvalue weighted by Gasteiger charge is 2.28. The Morgan fingerprint density at radius 1 is 1.12 bits per heavy atom. The Morgan fingerprint density at radius 3 is 2.53 bits per heavy atom. The van der Waals surface area contributed by atoms with Crippen molar-refractivity contribution in [3.8, 4) is 0 Å². The summed E-state index contributed by atoms with van der Waals surface area (Å²) < 4.78 is 0. The van der Waals surface area contributed by atoms with E-state index in [1.165, 1.54) is 44.9 Å². The van der Waals surface area contributed by atoms with Crippen LogP contribution in [0, 0.1) is 11.8 Å². The monoisotopic (exact) mass is 239 g/mol. The molecule has 0 heterocycles. The molecule has 100 valence electrons. The molecule has 1 rings (SSSR count). The van der Waals surface area contributed by atoms with Crippen molar-refractivity contribution >= 4 is 5.78 Å². The molecule has 0 saturated heterocycles. The minimum absolute atomic E-state index is 0.292. The van der Waals surface area contributed by atoms with E-state index in [2.05, 4.69) is 6.92 Å². The van der Waals surface area contributed by atoms with Crippen molar-refractivity contribution in [1.82, 2.24) is 0 Å². The van der Waals surface area contributed by atoms with Crippen LogP contribution in [0.2, 0.25) is 0 Å². The minimum atomic E-state index is 0.292. The summed E-state index contributed by atoms with van der Waals surface area (Å²) in [5, 5.41) is 0. The van der Waals surface area contributed by atoms with E-state index in [1.54, 1.807) is 0 Å². The fraction of sp³-hybridized carbons (Fsp3) is 0.933. The van der Waals surface area contributed by atoms with E-state index in [9.17, 15) is 4.79 Å². The van der Waals surface area contributed by atoms with Crippen LogP contribution >= 0.6 is 0 Å². The number of Topliss-reactive ketones (excluding diaryl/α,β-unsaturated/α-hetero) is 1. The third kappa shape index (κ3) is 5.20. The second-order valence-electron chi connectivity index (χ2n) is 5.52. The molecule has 2 heteroatoms. The van der Waals surface area contributed by atoms with Gasteiger partial charge in [0.05, 0.1) is 0 Å². The zero-order valence-corrected chi connectivity index (χ0v) is 11.4. The predicted octanol–water partition coefficient (Wildman–Crippen LogP) is 3.68. The van der Waals surface area contributed by atoms with Crippen molar-refractivity contribution in [3.63, 3.8) is 0 Å². The molecule has 1 fully saturated rings. The smallest absolute Gasteiger partial charge is 0.136 e. The van der Waals surface area contributed by atoms with Gasteiger partial charge in [0, 0.05) is 12.3 Å². The topological polar surface area (TPSA) is 43.1 Å². The van der Waals surface area contributed by atoms with Crippen LogP contribution in [0.5, 0.6) is 0 Å². The van der Waals surface area contributed by atoms with Crippen LogP contribution < -0.4 is 5.73 Å². The van der Waals surface area contributed by atoms with Gasteiger partial charge in [-0.05, 0) is 31.7 Å². The van der Waals surface area contributed by atoms with Crippen LogP contribution in [0.25, 0.3) is 0 Å². The van der Waals surface area contributed by atoms with Gasteiger partial charge in [-0.25, -0.2) is 0 Å². The number of rotatable bonds is 8. The van der Waals surface area contributed by atoms with Crippen molar-refractivity contribution in [1.29, 1.82) is 0 Å². The first-order valence-electron chi connectivity index (χ1n) is 7.52. The first kappa shape index (κ1) is 14.7. The average Bonchev–Trinajstić information content (AvgIpc) is 2.38. The predicted molar refractivity (Wildman–Crippen MR) is 72.9 cm³/mol. The molecule has 0 aromatic heterocycles. The fourth-order valence-corrected chi connectivity index (χ4v) is 3.00. The molecule has 2 unspecified atom stereocenters. The van der Waals surface area contributed by atoms with Gasteiger partial charge in [0.1, 0.15) is 5.78 Å². The van der Waals surface area contributed by atoms with Gasteiger partial charge in [-0.15, -0.1) is 0 Å². The van der Waals surface area contributed by atoms with Gasteiger partial charge in [0.25, 0.3) is 0 Å². The molecule has 2 nitrogen and oxygen atoms in total. The molecule has 0 spiro atoms. The van der Waals surface area contributed by atoms with Gasteiger partial charge in [-0.2, -0.15) is 0 Å². The molecule has 0 aromatic rings. The van der Waals surface area contributed by atoms with Crippen LogP contribution in [-0.2, 0) is 4.79 Å². The molecule has 0 amide bonds. The molecule has 1 saturated carbocycles. The molecular formula is C15H29NO. The van der Waals surface area contributed by atoms with Gasteiger partial charge < -0.3 is 5.73 Å². The molecule has 1 aliphatic rings. The maximum atomic E-state index is 12.1. The van der Waals surface area contributed by atoms with Crippen LogP contribution in [0.3, 0.4) is 0 Å². The normalized spacial score (nSPS) is 24.8. The molecule has 0 aliphatic heterocycles. The number of unbranched alkanes of at least 4 members (excludes halogenated alkanes) is 4. The summed E-state index contributed by atoms with van der Waals surface area (Å²) in [6, 6.07) is 0. The Labute approximate surface area is 106 Å². The number of hydrogen-bond donors (Lipinski definition) is 1. The Morgan fingerprint density at radius 2 is 1.82 bits per heavy atom. The molecule has 2 N–H and O–H groups in total. The molecule has 0 radical (unpaired) electrons. The van der Waals surface area contributed by atoms with Gasteiger partial charge >= 0.3 is 0 Å². The standard InChI is InChI=1S/C15H29NO/c1-2-3-4-5-6-11-15(17)14-10-8-7-9-13(14)12-16/h13-14H,2-12,16H2,1H3. The lowest BCUT2D eigenvalue weighted by Gasteiger charge is -2.29. The van der Waals surface area contributed by atoms with E-state index in [0.29, 0.717) is 24.2 Å². The summed E-state index contributed by atoms with van der Waals surface area (Å²) >= 11 is 0. The fourth-order valence-electron chi connectivity index (χ4n) is 3.00. The van der Waals surface area contributed by atoms with Crippen LogP contribution in [-0.4, -0.2) is 12.3 Å². The number of hydrogen-bond acceptors (Lipinski definition) is 2. The highest BCUT2D eigenvalue weighted by Crippen LogP contribution is 2.31. The molecular weight excluding hydrogens is 210 g/mol. The van der Waals surface area contributed by atoms with Crippen molar-refractivity contribution in [2.24, 2.45) is 17.6 Å². The quantitative estimate of drug-likeness (QED) is 0.657. The molecule has 17 heavy (non-hydrogen) atoms. The SMILES string of the molecule is CCCCCCCC(=O)C1CCCCC1CN. The molecule has 2 atom stereocenters. The zero-order chi connectivity index (χ0) is 12.5. The van der Waals surface area contributed by atoms with Crippen molar-refractivity contribution in [3.05, 3.63) is 0 Å². The number of ketones is 1. The van der Waals surface area contributed by atoms with E-state index in [1.807, 2.05) is 0 Å². The summed E-state index contributed by atoms with van der Waals surface area (Å²) in [4.78, 5) is 12.1. The molecule has 1 aliphatic carbocycles. The number of carbonyl (C=O) groups excluding carboxylic acids is 1. The lowest BCUT2D eigenvalue weighted by molar-refractivity contribution is -0.125. The van der Waals surface area contributed by atoms with E-state index in [-0.39, 0.29) is 0 Å². The van der Waals surface area contributed by atoms with Gasteiger partial charge in [0.15, 0.2) is 0 Å². The van der Waals surface area contributed by atoms with Crippen molar-refractivity contribution in [2.75, 3.05) is 6.54 Å². The number of nitrogens with two attached hydrogens (primary N) is 1. The number of carbonyl (C=O) groups is 1. The van der Waals surface area contributed by atoms with Crippen molar-refractivity contribution in [2.45, 2.75) is 71.1 Å². The summed E-state index contributed by atoms with van der Waals surface area (Å²) in [6.45, 7) is 2.92. The van der Waals surface area contributed by atoms with Gasteiger partial charge in [-0.3, -0.25) is 4.79 Å². The summed E-state index contributed by atoms with van der Waals surface area (Å²) in [6.07, 6.45) is 11.7. The maximum Gasteiger partial charge on any atom is 0.136 e. The third-order valence-corrected chi connectivity index (χ3v) is 4.15. The highest BCUT2D eigenvalue weighted by molar-refractivity contribution is 5.81. The van der Waals surface area contributed by atoms with Gasteiger partial charge in [0.2, 0.25) is 0 Å². The summed E-state index contributed by atoms with van der Waals surface area (Å²) in [5.74, 6) is 1.27. The van der Waals surface area contributed by atoms with E-state index in [4.69, 9.17) is 5.73 Å². The highest BCUT2D eigenvalue weighted by atomic mass is 16.1. The Hall–Kier alpha value is -0.370. The third-order valence-electron chi connectivity index (χ3n) is 4.15. The first-order valence-corrected chi connectivity index (χ1v) is 7.52. The van der Waals surface area contributed by atoms with E-state index >= 15 is 0 Å². The van der Waals surface area contributed by atoms with Gasteiger partial charge in [-0.1, -0.05) is 45.4 Å². The van der Waals surface area contributed by atoms with E-state index in [0.717, 1.165) is 19.3 Å². The van der Waals surface area contributed by atoms with Crippen LogP contribution in [0.4, 0.5) is 0 Å². The van der Waals surface area contributed by atoms with Crippen LogP contribution in [0.1, 0.15) is 71.1 Å². The zero-order valence-electron chi connectivity index (χ0n) is 11.4. The molecule has 0 aromatic carbocycles. The maximum absolute atomic E-state index is 12.1. The second-order valence-corrected chi connectivity index (χ2v) is 5.52. The Bertz CT molecular complexity index is 215.